The van der Waals surface area contributed by atoms with Gasteiger partial charge in [-0.15, -0.1) is 5.10 Å². The summed E-state index contributed by atoms with van der Waals surface area (Å²) in [6, 6.07) is 3.67. The molecule has 0 unspecified atom stereocenters. The number of hydrogen-bond donors (Lipinski definition) is 0. The number of anilines is 1. The molecule has 9 heteroatoms. The van der Waals surface area contributed by atoms with Crippen LogP contribution in [0.15, 0.2) is 35.3 Å². The van der Waals surface area contributed by atoms with Crippen molar-refractivity contribution in [2.75, 3.05) is 18.5 Å². The lowest BCUT2D eigenvalue weighted by molar-refractivity contribution is -0.123. The van der Waals surface area contributed by atoms with Crippen molar-refractivity contribution < 1.29 is 9.59 Å². The predicted molar refractivity (Wildman–Crippen MR) is 110 cm³/mol. The molecule has 1 saturated heterocycles. The number of aryl methyl sites for hydroxylation is 2. The summed E-state index contributed by atoms with van der Waals surface area (Å²) in [5, 5.41) is 7.88. The highest BCUT2D eigenvalue weighted by atomic mass is 79.9. The van der Waals surface area contributed by atoms with E-state index in [4.69, 9.17) is 4.98 Å². The van der Waals surface area contributed by atoms with E-state index in [0.29, 0.717) is 21.9 Å². The number of rotatable bonds is 5. The molecule has 4 heterocycles. The first-order chi connectivity index (χ1) is 14.0. The average molecular weight is 455 g/mol. The maximum atomic E-state index is 12.6. The minimum absolute atomic E-state index is 0.0536. The molecule has 29 heavy (non-hydrogen) atoms. The molecule has 0 atom stereocenters. The summed E-state index contributed by atoms with van der Waals surface area (Å²) in [4.78, 5) is 32.1. The Balaban J connectivity index is 1.50. The summed E-state index contributed by atoms with van der Waals surface area (Å²) in [6.45, 7) is 0.0536. The fourth-order valence-electron chi connectivity index (χ4n) is 3.68. The zero-order chi connectivity index (χ0) is 20.1. The summed E-state index contributed by atoms with van der Waals surface area (Å²) in [6.07, 6.45) is 9.70. The zero-order valence-electron chi connectivity index (χ0n) is 15.9. The third-order valence-corrected chi connectivity index (χ3v) is 5.87. The fourth-order valence-corrected chi connectivity index (χ4v) is 4.07. The normalized spacial score (nSPS) is 17.0. The Labute approximate surface area is 175 Å². The molecular weight excluding hydrogens is 436 g/mol. The number of amides is 3. The number of pyridine rings is 1. The van der Waals surface area contributed by atoms with E-state index in [0.717, 1.165) is 36.9 Å². The van der Waals surface area contributed by atoms with Crippen LogP contribution in [0.5, 0.6) is 0 Å². The van der Waals surface area contributed by atoms with Crippen molar-refractivity contribution in [2.45, 2.75) is 31.6 Å². The van der Waals surface area contributed by atoms with Crippen LogP contribution in [0.4, 0.5) is 10.5 Å². The number of imide groups is 1. The molecule has 0 N–H and O–H groups in total. The van der Waals surface area contributed by atoms with E-state index in [1.54, 1.807) is 6.20 Å². The van der Waals surface area contributed by atoms with E-state index in [9.17, 15) is 9.59 Å². The Hall–Kier alpha value is -2.81. The number of nitrogens with zero attached hydrogens (tertiary/aromatic N) is 6. The quantitative estimate of drug-likeness (QED) is 0.553. The molecule has 3 amide bonds. The van der Waals surface area contributed by atoms with Crippen molar-refractivity contribution in [1.29, 1.82) is 0 Å². The Morgan fingerprint density at radius 1 is 1.17 bits per heavy atom. The number of aromatic nitrogens is 4. The molecule has 8 nitrogen and oxygen atoms in total. The second kappa shape index (κ2) is 6.91. The molecule has 1 aliphatic heterocycles. The highest BCUT2D eigenvalue weighted by Crippen LogP contribution is 2.42. The van der Waals surface area contributed by atoms with Gasteiger partial charge in [-0.3, -0.25) is 14.6 Å². The van der Waals surface area contributed by atoms with Crippen molar-refractivity contribution in [3.05, 3.63) is 52.1 Å². The van der Waals surface area contributed by atoms with Crippen molar-refractivity contribution in [1.82, 2.24) is 24.5 Å². The number of imidazole rings is 1. The molecule has 1 aliphatic carbocycles. The third kappa shape index (κ3) is 3.39. The van der Waals surface area contributed by atoms with Gasteiger partial charge in [0.1, 0.15) is 11.1 Å². The summed E-state index contributed by atoms with van der Waals surface area (Å²) < 4.78 is 2.71. The van der Waals surface area contributed by atoms with Crippen LogP contribution in [0.3, 0.4) is 0 Å². The average Bonchev–Trinajstić information content (AvgIpc) is 3.42. The topological polar surface area (TPSA) is 83.7 Å². The number of urea groups is 1. The molecular formula is C20H19BrN6O2. The SMILES string of the molecule is CN1C(=O)CN(c2cc(C3CC3)cn3cc(CCc4cnnc(Br)c4)nc23)C1=O. The van der Waals surface area contributed by atoms with E-state index in [2.05, 4.69) is 32.3 Å². The maximum absolute atomic E-state index is 12.6. The zero-order valence-corrected chi connectivity index (χ0v) is 17.5. The van der Waals surface area contributed by atoms with Crippen LogP contribution < -0.4 is 4.90 Å². The van der Waals surface area contributed by atoms with Gasteiger partial charge in [-0.25, -0.2) is 9.78 Å². The minimum atomic E-state index is -0.304. The smallest absolute Gasteiger partial charge is 0.305 e. The van der Waals surface area contributed by atoms with Crippen LogP contribution in [0, 0.1) is 0 Å². The van der Waals surface area contributed by atoms with Crippen LogP contribution in [-0.2, 0) is 17.6 Å². The van der Waals surface area contributed by atoms with Crippen molar-refractivity contribution in [2.24, 2.45) is 0 Å². The molecule has 0 spiro atoms. The molecule has 5 rings (SSSR count). The van der Waals surface area contributed by atoms with E-state index in [-0.39, 0.29) is 18.5 Å². The number of likely N-dealkylation sites (N-methyl/N-ethyl adjacent to an activating group) is 1. The molecule has 0 aromatic carbocycles. The van der Waals surface area contributed by atoms with Gasteiger partial charge in [0.25, 0.3) is 0 Å². The van der Waals surface area contributed by atoms with E-state index in [1.807, 2.05) is 22.7 Å². The van der Waals surface area contributed by atoms with Gasteiger partial charge in [0.2, 0.25) is 5.91 Å². The van der Waals surface area contributed by atoms with Crippen LogP contribution in [-0.4, -0.2) is 50.0 Å². The molecule has 3 aromatic heterocycles. The predicted octanol–water partition coefficient (Wildman–Crippen LogP) is 2.95. The number of carbonyl (C=O) groups excluding carboxylic acids is 2. The minimum Gasteiger partial charge on any atom is -0.305 e. The maximum Gasteiger partial charge on any atom is 0.331 e. The Morgan fingerprint density at radius 3 is 2.69 bits per heavy atom. The van der Waals surface area contributed by atoms with E-state index in [1.165, 1.54) is 22.4 Å². The second-order valence-electron chi connectivity index (χ2n) is 7.60. The molecule has 0 bridgehead atoms. The van der Waals surface area contributed by atoms with Gasteiger partial charge in [-0.05, 0) is 70.8 Å². The van der Waals surface area contributed by atoms with Crippen LogP contribution in [0.1, 0.15) is 35.6 Å². The van der Waals surface area contributed by atoms with Crippen LogP contribution in [0.2, 0.25) is 0 Å². The van der Waals surface area contributed by atoms with Gasteiger partial charge >= 0.3 is 6.03 Å². The van der Waals surface area contributed by atoms with Gasteiger partial charge < -0.3 is 4.40 Å². The van der Waals surface area contributed by atoms with Gasteiger partial charge in [0.15, 0.2) is 5.65 Å². The summed E-state index contributed by atoms with van der Waals surface area (Å²) >= 11 is 3.34. The lowest BCUT2D eigenvalue weighted by atomic mass is 10.1. The van der Waals surface area contributed by atoms with Gasteiger partial charge in [0.05, 0.1) is 17.6 Å². The highest BCUT2D eigenvalue weighted by molar-refractivity contribution is 9.10. The van der Waals surface area contributed by atoms with Crippen molar-refractivity contribution in [3.63, 3.8) is 0 Å². The van der Waals surface area contributed by atoms with E-state index < -0.39 is 0 Å². The molecule has 0 radical (unpaired) electrons. The monoisotopic (exact) mass is 454 g/mol. The molecule has 1 saturated carbocycles. The Kier molecular flexibility index (Phi) is 4.34. The fraction of sp³-hybridized carbons (Fsp3) is 0.350. The Morgan fingerprint density at radius 2 is 2.00 bits per heavy atom. The van der Waals surface area contributed by atoms with Gasteiger partial charge in [0, 0.05) is 19.4 Å². The lowest BCUT2D eigenvalue weighted by Gasteiger charge is -2.17. The standard InChI is InChI=1S/C20H19BrN6O2/c1-25-18(28)11-27(20(25)29)16-7-14(13-3-4-13)9-26-10-15(23-19(16)26)5-2-12-6-17(21)24-22-8-12/h6-10,13H,2-5,11H2,1H3. The molecule has 3 aromatic rings. The molecule has 148 valence electrons. The van der Waals surface area contributed by atoms with Crippen LogP contribution >= 0.6 is 15.9 Å². The van der Waals surface area contributed by atoms with Crippen molar-refractivity contribution in [3.8, 4) is 0 Å². The van der Waals surface area contributed by atoms with Gasteiger partial charge in [-0.1, -0.05) is 0 Å². The first kappa shape index (κ1) is 18.2. The third-order valence-electron chi connectivity index (χ3n) is 5.48. The number of fused-ring (bicyclic) bond motifs is 1. The van der Waals surface area contributed by atoms with Crippen molar-refractivity contribution >= 4 is 39.2 Å². The second-order valence-corrected chi connectivity index (χ2v) is 8.42. The Bertz CT molecular complexity index is 1140. The summed E-state index contributed by atoms with van der Waals surface area (Å²) in [5.41, 5.74) is 4.60. The van der Waals surface area contributed by atoms with Gasteiger partial charge in [-0.2, -0.15) is 5.10 Å². The number of carbonyl (C=O) groups is 2. The molecule has 2 fully saturated rings. The summed E-state index contributed by atoms with van der Waals surface area (Å²) in [5.74, 6) is 0.322. The lowest BCUT2D eigenvalue weighted by Crippen LogP contribution is -2.30. The first-order valence-electron chi connectivity index (χ1n) is 9.56. The van der Waals surface area contributed by atoms with Crippen LogP contribution in [0.25, 0.3) is 5.65 Å². The number of halogens is 1. The highest BCUT2D eigenvalue weighted by Gasteiger charge is 2.36. The number of hydrogen-bond acceptors (Lipinski definition) is 5. The molecule has 2 aliphatic rings. The largest absolute Gasteiger partial charge is 0.331 e. The first-order valence-corrected chi connectivity index (χ1v) is 10.4. The van der Waals surface area contributed by atoms with E-state index >= 15 is 0 Å². The summed E-state index contributed by atoms with van der Waals surface area (Å²) in [7, 11) is 1.52.